The highest BCUT2D eigenvalue weighted by Crippen LogP contribution is 2.29. The number of aromatic nitrogens is 2. The Morgan fingerprint density at radius 2 is 2.32 bits per heavy atom. The van der Waals surface area contributed by atoms with Crippen molar-refractivity contribution in [3.05, 3.63) is 16.7 Å². The van der Waals surface area contributed by atoms with Crippen LogP contribution < -0.4 is 5.32 Å². The third-order valence-corrected chi connectivity index (χ3v) is 4.86. The first-order chi connectivity index (χ1) is 10.7. The zero-order valence-corrected chi connectivity index (χ0v) is 14.6. The molecule has 0 atom stereocenters. The lowest BCUT2D eigenvalue weighted by atomic mass is 10.1. The lowest BCUT2D eigenvalue weighted by molar-refractivity contribution is 0.0983. The molecule has 1 aliphatic rings. The van der Waals surface area contributed by atoms with Gasteiger partial charge < -0.3 is 15.0 Å². The quantitative estimate of drug-likeness (QED) is 0.876. The summed E-state index contributed by atoms with van der Waals surface area (Å²) in [6.45, 7) is 3.68. The largest absolute Gasteiger partial charge is 0.450 e. The van der Waals surface area contributed by atoms with E-state index in [-0.39, 0.29) is 6.09 Å². The Bertz CT molecular complexity index is 670. The molecule has 0 bridgehead atoms. The Morgan fingerprint density at radius 1 is 1.55 bits per heavy atom. The highest BCUT2D eigenvalue weighted by molar-refractivity contribution is 9.10. The van der Waals surface area contributed by atoms with Gasteiger partial charge in [0.25, 0.3) is 0 Å². The Morgan fingerprint density at radius 3 is 3.05 bits per heavy atom. The smallest absolute Gasteiger partial charge is 0.409 e. The van der Waals surface area contributed by atoms with Gasteiger partial charge in [-0.2, -0.15) is 4.37 Å². The Kier molecular flexibility index (Phi) is 4.77. The lowest BCUT2D eigenvalue weighted by Crippen LogP contribution is -2.42. The standard InChI is InChI=1S/C14H17BrN4O2S/c1-2-21-14(20)19-5-3-10(4-6-19)17-13-12-11(18-22-13)7-9(15)8-16-12/h7-8,10,17H,2-6H2,1H3. The number of ether oxygens (including phenoxy) is 1. The van der Waals surface area contributed by atoms with E-state index in [1.807, 2.05) is 13.0 Å². The van der Waals surface area contributed by atoms with Gasteiger partial charge in [0.05, 0.1) is 6.61 Å². The van der Waals surface area contributed by atoms with E-state index in [0.29, 0.717) is 25.7 Å². The van der Waals surface area contributed by atoms with E-state index in [2.05, 4.69) is 30.6 Å². The summed E-state index contributed by atoms with van der Waals surface area (Å²) in [5, 5.41) is 4.51. The number of fused-ring (bicyclic) bond motifs is 1. The van der Waals surface area contributed by atoms with Crippen LogP contribution >= 0.6 is 27.5 Å². The minimum Gasteiger partial charge on any atom is -0.450 e. The lowest BCUT2D eigenvalue weighted by Gasteiger charge is -2.31. The first-order valence-corrected chi connectivity index (χ1v) is 8.83. The summed E-state index contributed by atoms with van der Waals surface area (Å²) >= 11 is 4.84. The number of piperidine rings is 1. The van der Waals surface area contributed by atoms with Crippen LogP contribution in [0.4, 0.5) is 9.80 Å². The molecule has 0 spiro atoms. The van der Waals surface area contributed by atoms with Gasteiger partial charge >= 0.3 is 6.09 Å². The summed E-state index contributed by atoms with van der Waals surface area (Å²) in [5.41, 5.74) is 1.80. The fraction of sp³-hybridized carbons (Fsp3) is 0.500. The van der Waals surface area contributed by atoms with Gasteiger partial charge in [-0.15, -0.1) is 0 Å². The minimum absolute atomic E-state index is 0.212. The summed E-state index contributed by atoms with van der Waals surface area (Å²) in [5.74, 6) is 0. The maximum atomic E-state index is 11.7. The highest BCUT2D eigenvalue weighted by atomic mass is 79.9. The first-order valence-electron chi connectivity index (χ1n) is 7.26. The summed E-state index contributed by atoms with van der Waals surface area (Å²) in [6.07, 6.45) is 3.37. The van der Waals surface area contributed by atoms with Crippen LogP contribution in [0.25, 0.3) is 11.0 Å². The number of anilines is 1. The van der Waals surface area contributed by atoms with E-state index in [9.17, 15) is 4.79 Å². The third-order valence-electron chi connectivity index (χ3n) is 3.64. The second kappa shape index (κ2) is 6.78. The molecule has 8 heteroatoms. The molecule has 6 nitrogen and oxygen atoms in total. The van der Waals surface area contributed by atoms with Crippen LogP contribution in [0.3, 0.4) is 0 Å². The van der Waals surface area contributed by atoms with Crippen LogP contribution in [-0.2, 0) is 4.74 Å². The van der Waals surface area contributed by atoms with E-state index < -0.39 is 0 Å². The Balaban J connectivity index is 1.61. The van der Waals surface area contributed by atoms with Crippen LogP contribution in [0.1, 0.15) is 19.8 Å². The molecule has 0 aromatic carbocycles. The Hall–Kier alpha value is -1.41. The van der Waals surface area contributed by atoms with Crippen LogP contribution in [0, 0.1) is 0 Å². The van der Waals surface area contributed by atoms with Crippen LogP contribution in [-0.4, -0.2) is 46.1 Å². The summed E-state index contributed by atoms with van der Waals surface area (Å²) in [6, 6.07) is 2.30. The third kappa shape index (κ3) is 3.33. The van der Waals surface area contributed by atoms with Crippen molar-refractivity contribution in [2.45, 2.75) is 25.8 Å². The molecule has 1 amide bonds. The summed E-state index contributed by atoms with van der Waals surface area (Å²) in [7, 11) is 0. The van der Waals surface area contributed by atoms with E-state index in [1.54, 1.807) is 11.1 Å². The average molecular weight is 385 g/mol. The molecule has 3 heterocycles. The second-order valence-electron chi connectivity index (χ2n) is 5.14. The number of nitrogens with zero attached hydrogens (tertiary/aromatic N) is 3. The maximum absolute atomic E-state index is 11.7. The zero-order valence-electron chi connectivity index (χ0n) is 12.2. The normalized spacial score (nSPS) is 16.0. The van der Waals surface area contributed by atoms with Gasteiger partial charge in [-0.05, 0) is 53.3 Å². The minimum atomic E-state index is -0.212. The van der Waals surface area contributed by atoms with Crippen molar-refractivity contribution in [1.82, 2.24) is 14.3 Å². The van der Waals surface area contributed by atoms with E-state index in [4.69, 9.17) is 4.74 Å². The summed E-state index contributed by atoms with van der Waals surface area (Å²) < 4.78 is 10.4. The average Bonchev–Trinajstić information content (AvgIpc) is 2.90. The molecule has 2 aromatic rings. The Labute approximate surface area is 141 Å². The molecule has 2 aromatic heterocycles. The molecule has 22 heavy (non-hydrogen) atoms. The van der Waals surface area contributed by atoms with Crippen molar-refractivity contribution in [2.75, 3.05) is 25.0 Å². The number of carbonyl (C=O) groups is 1. The van der Waals surface area contributed by atoms with Gasteiger partial charge in [0.1, 0.15) is 16.0 Å². The van der Waals surface area contributed by atoms with Gasteiger partial charge in [-0.25, -0.2) is 4.79 Å². The van der Waals surface area contributed by atoms with Gasteiger partial charge in [-0.3, -0.25) is 4.98 Å². The van der Waals surface area contributed by atoms with E-state index in [1.165, 1.54) is 11.5 Å². The molecule has 1 aliphatic heterocycles. The zero-order chi connectivity index (χ0) is 15.5. The van der Waals surface area contributed by atoms with E-state index in [0.717, 1.165) is 33.3 Å². The fourth-order valence-corrected chi connectivity index (χ4v) is 3.62. The number of pyridine rings is 1. The van der Waals surface area contributed by atoms with Crippen molar-refractivity contribution < 1.29 is 9.53 Å². The predicted molar refractivity (Wildman–Crippen MR) is 90.4 cm³/mol. The van der Waals surface area contributed by atoms with Crippen LogP contribution in [0.15, 0.2) is 16.7 Å². The molecule has 1 N–H and O–H groups in total. The number of halogens is 1. The van der Waals surface area contributed by atoms with Gasteiger partial charge in [-0.1, -0.05) is 0 Å². The summed E-state index contributed by atoms with van der Waals surface area (Å²) in [4.78, 5) is 17.9. The first kappa shape index (κ1) is 15.5. The molecular weight excluding hydrogens is 368 g/mol. The molecule has 0 radical (unpaired) electrons. The van der Waals surface area contributed by atoms with Crippen LogP contribution in [0.5, 0.6) is 0 Å². The molecule has 118 valence electrons. The van der Waals surface area contributed by atoms with Crippen molar-refractivity contribution >= 4 is 49.6 Å². The highest BCUT2D eigenvalue weighted by Gasteiger charge is 2.24. The number of hydrogen-bond acceptors (Lipinski definition) is 6. The predicted octanol–water partition coefficient (Wildman–Crippen LogP) is 3.49. The number of nitrogens with one attached hydrogen (secondary N) is 1. The van der Waals surface area contributed by atoms with Crippen molar-refractivity contribution in [2.24, 2.45) is 0 Å². The monoisotopic (exact) mass is 384 g/mol. The van der Waals surface area contributed by atoms with Crippen LogP contribution in [0.2, 0.25) is 0 Å². The number of rotatable bonds is 3. The maximum Gasteiger partial charge on any atom is 0.409 e. The van der Waals surface area contributed by atoms with Crippen molar-refractivity contribution in [3.8, 4) is 0 Å². The van der Waals surface area contributed by atoms with Gasteiger partial charge in [0, 0.05) is 29.8 Å². The molecule has 0 saturated carbocycles. The second-order valence-corrected chi connectivity index (χ2v) is 6.83. The van der Waals surface area contributed by atoms with Gasteiger partial charge in [0.15, 0.2) is 0 Å². The van der Waals surface area contributed by atoms with Crippen molar-refractivity contribution in [1.29, 1.82) is 0 Å². The number of likely N-dealkylation sites (tertiary alicyclic amines) is 1. The van der Waals surface area contributed by atoms with E-state index >= 15 is 0 Å². The molecular formula is C14H17BrN4O2S. The molecule has 1 saturated heterocycles. The SMILES string of the molecule is CCOC(=O)N1CCC(Nc2snc3cc(Br)cnc23)CC1. The molecule has 0 aliphatic carbocycles. The number of carbonyl (C=O) groups excluding carboxylic acids is 1. The fourth-order valence-electron chi connectivity index (χ4n) is 2.51. The van der Waals surface area contributed by atoms with Crippen molar-refractivity contribution in [3.63, 3.8) is 0 Å². The van der Waals surface area contributed by atoms with Gasteiger partial charge in [0.2, 0.25) is 0 Å². The molecule has 3 rings (SSSR count). The molecule has 0 unspecified atom stereocenters. The number of amides is 1. The number of hydrogen-bond donors (Lipinski definition) is 1. The topological polar surface area (TPSA) is 67.3 Å². The molecule has 1 fully saturated rings.